The van der Waals surface area contributed by atoms with E-state index in [0.717, 1.165) is 6.54 Å². The summed E-state index contributed by atoms with van der Waals surface area (Å²) in [6.45, 7) is 2.19. The van der Waals surface area contributed by atoms with Gasteiger partial charge in [0, 0.05) is 13.6 Å². The molecule has 0 bridgehead atoms. The van der Waals surface area contributed by atoms with E-state index >= 15 is 0 Å². The van der Waals surface area contributed by atoms with Gasteiger partial charge in [-0.2, -0.15) is 5.10 Å². The summed E-state index contributed by atoms with van der Waals surface area (Å²) in [5.41, 5.74) is 0.970. The third kappa shape index (κ3) is 2.26. The van der Waals surface area contributed by atoms with Crippen LogP contribution >= 0.6 is 0 Å². The fourth-order valence-corrected chi connectivity index (χ4v) is 2.23. The third-order valence-electron chi connectivity index (χ3n) is 3.37. The molecule has 0 unspecified atom stereocenters. The van der Waals surface area contributed by atoms with Gasteiger partial charge in [0.1, 0.15) is 18.8 Å². The predicted molar refractivity (Wildman–Crippen MR) is 73.6 cm³/mol. The van der Waals surface area contributed by atoms with Crippen molar-refractivity contribution in [3.63, 3.8) is 0 Å². The second kappa shape index (κ2) is 4.99. The maximum absolute atomic E-state index is 14.2. The molecule has 0 aliphatic carbocycles. The molecule has 1 saturated heterocycles. The number of likely N-dealkylation sites (N-methyl/N-ethyl adjacent to an activating group) is 1. The van der Waals surface area contributed by atoms with Crippen LogP contribution in [0, 0.1) is 5.82 Å². The lowest BCUT2D eigenvalue weighted by molar-refractivity contribution is 0.181. The maximum Gasteiger partial charge on any atom is 0.414 e. The number of halogens is 1. The summed E-state index contributed by atoms with van der Waals surface area (Å²) in [6, 6.07) is 4.73. The van der Waals surface area contributed by atoms with E-state index in [1.54, 1.807) is 28.4 Å². The van der Waals surface area contributed by atoms with Crippen LogP contribution in [-0.4, -0.2) is 50.7 Å². The van der Waals surface area contributed by atoms with Gasteiger partial charge in [-0.05, 0) is 18.2 Å². The van der Waals surface area contributed by atoms with E-state index in [0.29, 0.717) is 31.1 Å². The Kier molecular flexibility index (Phi) is 3.17. The molecule has 3 rings (SSSR count). The number of carbonyl (C=O) groups excluding carboxylic acids is 1. The Morgan fingerprint density at radius 3 is 2.75 bits per heavy atom. The van der Waals surface area contributed by atoms with Crippen LogP contribution in [0.1, 0.15) is 0 Å². The van der Waals surface area contributed by atoms with Crippen molar-refractivity contribution in [2.75, 3.05) is 43.1 Å². The lowest BCUT2D eigenvalue weighted by atomic mass is 10.2. The van der Waals surface area contributed by atoms with Crippen molar-refractivity contribution in [3.05, 3.63) is 24.0 Å². The second-order valence-electron chi connectivity index (χ2n) is 4.71. The first-order chi connectivity index (χ1) is 9.65. The second-order valence-corrected chi connectivity index (χ2v) is 4.71. The van der Waals surface area contributed by atoms with Crippen LogP contribution in [0.15, 0.2) is 23.3 Å². The molecule has 20 heavy (non-hydrogen) atoms. The molecule has 106 valence electrons. The first-order valence-electron chi connectivity index (χ1n) is 6.41. The van der Waals surface area contributed by atoms with Gasteiger partial charge in [0.05, 0.1) is 24.5 Å². The van der Waals surface area contributed by atoms with Crippen molar-refractivity contribution in [1.82, 2.24) is 5.01 Å². The Bertz CT molecular complexity index is 563. The summed E-state index contributed by atoms with van der Waals surface area (Å²) in [5, 5.41) is 5.92. The molecule has 0 saturated carbocycles. The first kappa shape index (κ1) is 12.7. The van der Waals surface area contributed by atoms with Gasteiger partial charge in [0.2, 0.25) is 0 Å². The largest absolute Gasteiger partial charge is 0.447 e. The summed E-state index contributed by atoms with van der Waals surface area (Å²) in [4.78, 5) is 14.6. The van der Waals surface area contributed by atoms with Gasteiger partial charge in [-0.3, -0.25) is 9.91 Å². The minimum absolute atomic E-state index is 0.341. The molecule has 7 heteroatoms. The highest BCUT2D eigenvalue weighted by Crippen LogP contribution is 2.26. The molecule has 6 nitrogen and oxygen atoms in total. The number of nitrogens with zero attached hydrogens (tertiary/aromatic N) is 4. The minimum Gasteiger partial charge on any atom is -0.447 e. The van der Waals surface area contributed by atoms with Gasteiger partial charge in [-0.15, -0.1) is 0 Å². The Morgan fingerprint density at radius 2 is 2.15 bits per heavy atom. The topological polar surface area (TPSA) is 48.4 Å². The van der Waals surface area contributed by atoms with Gasteiger partial charge in [-0.25, -0.2) is 9.18 Å². The molecule has 0 atom stereocenters. The van der Waals surface area contributed by atoms with Crippen molar-refractivity contribution in [3.8, 4) is 0 Å². The zero-order chi connectivity index (χ0) is 14.1. The molecule has 2 heterocycles. The minimum atomic E-state index is -0.432. The molecular formula is C13H15FN4O2. The van der Waals surface area contributed by atoms with Gasteiger partial charge < -0.3 is 9.64 Å². The van der Waals surface area contributed by atoms with Gasteiger partial charge >= 0.3 is 6.09 Å². The van der Waals surface area contributed by atoms with E-state index in [1.165, 1.54) is 11.0 Å². The number of amides is 1. The number of rotatable bonds is 2. The molecule has 1 aromatic carbocycles. The van der Waals surface area contributed by atoms with Crippen molar-refractivity contribution in [2.24, 2.45) is 5.10 Å². The Labute approximate surface area is 116 Å². The van der Waals surface area contributed by atoms with Crippen LogP contribution in [0.25, 0.3) is 0 Å². The van der Waals surface area contributed by atoms with E-state index in [9.17, 15) is 9.18 Å². The lowest BCUT2D eigenvalue weighted by Gasteiger charge is -2.28. The molecule has 1 aromatic rings. The van der Waals surface area contributed by atoms with Crippen LogP contribution < -0.4 is 9.80 Å². The summed E-state index contributed by atoms with van der Waals surface area (Å²) < 4.78 is 19.1. The molecule has 2 aliphatic rings. The summed E-state index contributed by atoms with van der Waals surface area (Å²) in [5.74, 6) is -0.377. The number of carbonyl (C=O) groups is 1. The third-order valence-corrected chi connectivity index (χ3v) is 3.37. The predicted octanol–water partition coefficient (Wildman–Crippen LogP) is 1.48. The molecule has 2 aliphatic heterocycles. The lowest BCUT2D eigenvalue weighted by Crippen LogP contribution is -2.36. The Balaban J connectivity index is 1.84. The molecule has 1 fully saturated rings. The maximum atomic E-state index is 14.2. The number of anilines is 2. The normalized spacial score (nSPS) is 18.7. The monoisotopic (exact) mass is 278 g/mol. The highest BCUT2D eigenvalue weighted by atomic mass is 19.1. The average molecular weight is 278 g/mol. The van der Waals surface area contributed by atoms with Gasteiger partial charge in [-0.1, -0.05) is 0 Å². The van der Waals surface area contributed by atoms with E-state index in [1.807, 2.05) is 7.05 Å². The van der Waals surface area contributed by atoms with Crippen molar-refractivity contribution >= 4 is 23.8 Å². The fourth-order valence-electron chi connectivity index (χ4n) is 2.23. The van der Waals surface area contributed by atoms with Crippen LogP contribution in [0.3, 0.4) is 0 Å². The molecule has 0 radical (unpaired) electrons. The first-order valence-corrected chi connectivity index (χ1v) is 6.41. The van der Waals surface area contributed by atoms with E-state index in [2.05, 4.69) is 5.10 Å². The van der Waals surface area contributed by atoms with E-state index < -0.39 is 6.09 Å². The van der Waals surface area contributed by atoms with E-state index in [-0.39, 0.29) is 5.82 Å². The molecular weight excluding hydrogens is 263 g/mol. The smallest absolute Gasteiger partial charge is 0.414 e. The number of cyclic esters (lactones) is 1. The molecule has 0 spiro atoms. The molecule has 1 amide bonds. The quantitative estimate of drug-likeness (QED) is 0.822. The van der Waals surface area contributed by atoms with Crippen molar-refractivity contribution in [2.45, 2.75) is 0 Å². The molecule has 0 aromatic heterocycles. The highest BCUT2D eigenvalue weighted by molar-refractivity contribution is 5.90. The standard InChI is InChI=1S/C13H15FN4O2/c1-16-4-5-17(9-15-16)12-3-2-10(8-11(12)14)18-6-7-20-13(18)19/h2-3,8-9H,4-7H2,1H3. The average Bonchev–Trinajstić information content (AvgIpc) is 2.86. The fraction of sp³-hybridized carbons (Fsp3) is 0.385. The van der Waals surface area contributed by atoms with Crippen LogP contribution in [0.4, 0.5) is 20.6 Å². The van der Waals surface area contributed by atoms with Gasteiger partial charge in [0.15, 0.2) is 0 Å². The Hall–Kier alpha value is -2.31. The summed E-state index contributed by atoms with van der Waals surface area (Å²) in [7, 11) is 1.87. The van der Waals surface area contributed by atoms with Crippen molar-refractivity contribution in [1.29, 1.82) is 0 Å². The van der Waals surface area contributed by atoms with Crippen LogP contribution in [0.2, 0.25) is 0 Å². The zero-order valence-electron chi connectivity index (χ0n) is 11.1. The summed E-state index contributed by atoms with van der Waals surface area (Å²) >= 11 is 0. The SMILES string of the molecule is CN1CCN(c2ccc(N3CCOC3=O)cc2F)C=N1. The highest BCUT2D eigenvalue weighted by Gasteiger charge is 2.25. The van der Waals surface area contributed by atoms with Crippen molar-refractivity contribution < 1.29 is 13.9 Å². The number of ether oxygens (including phenoxy) is 1. The zero-order valence-corrected chi connectivity index (χ0v) is 11.1. The number of hydrogen-bond donors (Lipinski definition) is 0. The van der Waals surface area contributed by atoms with Gasteiger partial charge in [0.25, 0.3) is 0 Å². The summed E-state index contributed by atoms with van der Waals surface area (Å²) in [6.07, 6.45) is 1.17. The van der Waals surface area contributed by atoms with Crippen LogP contribution in [-0.2, 0) is 4.74 Å². The molecule has 0 N–H and O–H groups in total. The number of benzene rings is 1. The Morgan fingerprint density at radius 1 is 1.30 bits per heavy atom. The van der Waals surface area contributed by atoms with Crippen LogP contribution in [0.5, 0.6) is 0 Å². The number of hydrazone groups is 1. The number of hydrogen-bond acceptors (Lipinski definition) is 5. The van der Waals surface area contributed by atoms with E-state index in [4.69, 9.17) is 4.74 Å².